The lowest BCUT2D eigenvalue weighted by Crippen LogP contribution is -2.11. The van der Waals surface area contributed by atoms with Crippen molar-refractivity contribution in [1.82, 2.24) is 0 Å². The summed E-state index contributed by atoms with van der Waals surface area (Å²) >= 11 is 0. The van der Waals surface area contributed by atoms with E-state index < -0.39 is 4.92 Å². The summed E-state index contributed by atoms with van der Waals surface area (Å²) in [5.41, 5.74) is 2.84. The Bertz CT molecular complexity index is 666. The van der Waals surface area contributed by atoms with Crippen molar-refractivity contribution in [2.24, 2.45) is 0 Å². The van der Waals surface area contributed by atoms with Crippen molar-refractivity contribution in [2.75, 3.05) is 5.32 Å². The van der Waals surface area contributed by atoms with E-state index in [0.29, 0.717) is 12.1 Å². The van der Waals surface area contributed by atoms with Gasteiger partial charge >= 0.3 is 0 Å². The van der Waals surface area contributed by atoms with E-state index in [1.54, 1.807) is 12.1 Å². The van der Waals surface area contributed by atoms with E-state index in [2.05, 4.69) is 29.6 Å². The zero-order valence-electron chi connectivity index (χ0n) is 12.4. The summed E-state index contributed by atoms with van der Waals surface area (Å²) in [7, 11) is 0. The van der Waals surface area contributed by atoms with Crippen LogP contribution < -0.4 is 5.32 Å². The number of aryl methyl sites for hydroxylation is 2. The monoisotopic (exact) mass is 298 g/mol. The largest absolute Gasteiger partial charge is 0.326 e. The van der Waals surface area contributed by atoms with Gasteiger partial charge in [-0.25, -0.2) is 0 Å². The molecule has 0 aliphatic carbocycles. The maximum Gasteiger partial charge on any atom is 0.271 e. The fourth-order valence-corrected chi connectivity index (χ4v) is 2.13. The van der Waals surface area contributed by atoms with E-state index >= 15 is 0 Å². The van der Waals surface area contributed by atoms with Gasteiger partial charge in [0, 0.05) is 24.2 Å². The number of benzene rings is 2. The molecule has 1 N–H and O–H groups in total. The highest BCUT2D eigenvalue weighted by Gasteiger charge is 2.08. The lowest BCUT2D eigenvalue weighted by atomic mass is 10.1. The van der Waals surface area contributed by atoms with Crippen molar-refractivity contribution in [3.05, 3.63) is 69.8 Å². The smallest absolute Gasteiger partial charge is 0.271 e. The van der Waals surface area contributed by atoms with Crippen LogP contribution >= 0.6 is 0 Å². The molecule has 0 fully saturated rings. The molecule has 5 nitrogen and oxygen atoms in total. The first kappa shape index (κ1) is 15.7. The van der Waals surface area contributed by atoms with Gasteiger partial charge in [-0.1, -0.05) is 35.9 Å². The van der Waals surface area contributed by atoms with E-state index in [4.69, 9.17) is 0 Å². The topological polar surface area (TPSA) is 72.2 Å². The molecule has 2 aromatic carbocycles. The van der Waals surface area contributed by atoms with Gasteiger partial charge in [0.05, 0.1) is 4.92 Å². The Balaban J connectivity index is 1.81. The fourth-order valence-electron chi connectivity index (χ4n) is 2.13. The SMILES string of the molecule is Cc1ccc(CCCC(=O)Nc2cccc([N+](=O)[O-])c2)cc1. The maximum atomic E-state index is 11.9. The molecular weight excluding hydrogens is 280 g/mol. The molecule has 0 bridgehead atoms. The van der Waals surface area contributed by atoms with Crippen molar-refractivity contribution in [3.63, 3.8) is 0 Å². The summed E-state index contributed by atoms with van der Waals surface area (Å²) in [4.78, 5) is 22.1. The highest BCUT2D eigenvalue weighted by atomic mass is 16.6. The van der Waals surface area contributed by atoms with Gasteiger partial charge in [0.15, 0.2) is 0 Å². The van der Waals surface area contributed by atoms with Crippen LogP contribution in [0.3, 0.4) is 0 Å². The first-order valence-corrected chi connectivity index (χ1v) is 7.14. The van der Waals surface area contributed by atoms with Crippen molar-refractivity contribution >= 4 is 17.3 Å². The second-order valence-corrected chi connectivity index (χ2v) is 5.19. The number of nitrogens with one attached hydrogen (secondary N) is 1. The highest BCUT2D eigenvalue weighted by Crippen LogP contribution is 2.17. The number of carbonyl (C=O) groups is 1. The number of nitro benzene ring substituents is 1. The van der Waals surface area contributed by atoms with Crippen LogP contribution in [0.25, 0.3) is 0 Å². The number of amides is 1. The van der Waals surface area contributed by atoms with Crippen LogP contribution in [-0.4, -0.2) is 10.8 Å². The molecule has 0 saturated heterocycles. The van der Waals surface area contributed by atoms with Gasteiger partial charge in [0.2, 0.25) is 5.91 Å². The number of carbonyl (C=O) groups excluding carboxylic acids is 1. The molecule has 0 atom stereocenters. The lowest BCUT2D eigenvalue weighted by molar-refractivity contribution is -0.384. The Hall–Kier alpha value is -2.69. The Morgan fingerprint density at radius 1 is 1.18 bits per heavy atom. The highest BCUT2D eigenvalue weighted by molar-refractivity contribution is 5.90. The summed E-state index contributed by atoms with van der Waals surface area (Å²) in [5.74, 6) is -0.132. The predicted octanol–water partition coefficient (Wildman–Crippen LogP) is 3.86. The minimum atomic E-state index is -0.479. The number of non-ortho nitro benzene ring substituents is 1. The molecule has 0 unspecified atom stereocenters. The zero-order chi connectivity index (χ0) is 15.9. The van der Waals surface area contributed by atoms with Gasteiger partial charge in [0.1, 0.15) is 0 Å². The minimum absolute atomic E-state index is 0.0301. The number of nitrogens with zero attached hydrogens (tertiary/aromatic N) is 1. The van der Waals surface area contributed by atoms with Crippen molar-refractivity contribution in [3.8, 4) is 0 Å². The lowest BCUT2D eigenvalue weighted by Gasteiger charge is -2.05. The van der Waals surface area contributed by atoms with E-state index in [9.17, 15) is 14.9 Å². The first-order valence-electron chi connectivity index (χ1n) is 7.14. The summed E-state index contributed by atoms with van der Waals surface area (Å²) in [6.45, 7) is 2.04. The fraction of sp³-hybridized carbons (Fsp3) is 0.235. The second kappa shape index (κ2) is 7.36. The maximum absolute atomic E-state index is 11.9. The molecule has 2 rings (SSSR count). The Morgan fingerprint density at radius 2 is 1.91 bits per heavy atom. The van der Waals surface area contributed by atoms with E-state index in [0.717, 1.165) is 12.8 Å². The average Bonchev–Trinajstić information content (AvgIpc) is 2.49. The molecule has 22 heavy (non-hydrogen) atoms. The van der Waals surface area contributed by atoms with Crippen LogP contribution in [0.4, 0.5) is 11.4 Å². The van der Waals surface area contributed by atoms with Crippen LogP contribution in [0, 0.1) is 17.0 Å². The van der Waals surface area contributed by atoms with Crippen LogP contribution in [-0.2, 0) is 11.2 Å². The van der Waals surface area contributed by atoms with E-state index in [-0.39, 0.29) is 11.6 Å². The molecule has 0 saturated carbocycles. The Labute approximate surface area is 129 Å². The van der Waals surface area contributed by atoms with E-state index in [1.807, 2.05) is 6.92 Å². The van der Waals surface area contributed by atoms with Crippen LogP contribution in [0.15, 0.2) is 48.5 Å². The molecule has 0 aliphatic rings. The molecule has 0 aliphatic heterocycles. The molecular formula is C17H18N2O3. The summed E-state index contributed by atoms with van der Waals surface area (Å²) in [5, 5.41) is 13.4. The van der Waals surface area contributed by atoms with Crippen LogP contribution in [0.1, 0.15) is 24.0 Å². The first-order chi connectivity index (χ1) is 10.5. The number of hydrogen-bond donors (Lipinski definition) is 1. The standard InChI is InChI=1S/C17H18N2O3/c1-13-8-10-14(11-9-13)4-2-7-17(20)18-15-5-3-6-16(12-15)19(21)22/h3,5-6,8-12H,2,4,7H2,1H3,(H,18,20). The van der Waals surface area contributed by atoms with Gasteiger partial charge in [-0.05, 0) is 31.4 Å². The molecule has 0 aromatic heterocycles. The van der Waals surface area contributed by atoms with Gasteiger partial charge in [-0.3, -0.25) is 14.9 Å². The molecule has 0 heterocycles. The van der Waals surface area contributed by atoms with E-state index in [1.165, 1.54) is 23.3 Å². The third-order valence-corrected chi connectivity index (χ3v) is 3.33. The van der Waals surface area contributed by atoms with Crippen molar-refractivity contribution in [2.45, 2.75) is 26.2 Å². The normalized spacial score (nSPS) is 10.2. The minimum Gasteiger partial charge on any atom is -0.326 e. The van der Waals surface area contributed by atoms with Crippen molar-refractivity contribution in [1.29, 1.82) is 0 Å². The van der Waals surface area contributed by atoms with Crippen LogP contribution in [0.2, 0.25) is 0 Å². The van der Waals surface area contributed by atoms with Gasteiger partial charge < -0.3 is 5.32 Å². The molecule has 2 aromatic rings. The molecule has 0 radical (unpaired) electrons. The van der Waals surface area contributed by atoms with Crippen molar-refractivity contribution < 1.29 is 9.72 Å². The third-order valence-electron chi connectivity index (χ3n) is 3.33. The number of anilines is 1. The molecule has 114 valence electrons. The van der Waals surface area contributed by atoms with Gasteiger partial charge in [0.25, 0.3) is 5.69 Å². The van der Waals surface area contributed by atoms with Gasteiger partial charge in [-0.15, -0.1) is 0 Å². The number of hydrogen-bond acceptors (Lipinski definition) is 3. The molecule has 5 heteroatoms. The molecule has 1 amide bonds. The third kappa shape index (κ3) is 4.70. The quantitative estimate of drug-likeness (QED) is 0.650. The predicted molar refractivity (Wildman–Crippen MR) is 85.8 cm³/mol. The Morgan fingerprint density at radius 3 is 2.59 bits per heavy atom. The average molecular weight is 298 g/mol. The second-order valence-electron chi connectivity index (χ2n) is 5.19. The van der Waals surface area contributed by atoms with Crippen LogP contribution in [0.5, 0.6) is 0 Å². The summed E-state index contributed by atoms with van der Waals surface area (Å²) in [6, 6.07) is 14.2. The summed E-state index contributed by atoms with van der Waals surface area (Å²) in [6.07, 6.45) is 1.96. The Kier molecular flexibility index (Phi) is 5.25. The zero-order valence-corrected chi connectivity index (χ0v) is 12.4. The number of rotatable bonds is 6. The molecule has 0 spiro atoms. The van der Waals surface area contributed by atoms with Gasteiger partial charge in [-0.2, -0.15) is 0 Å². The number of nitro groups is 1. The summed E-state index contributed by atoms with van der Waals surface area (Å²) < 4.78 is 0.